The first-order valence-electron chi connectivity index (χ1n) is 48.3. The van der Waals surface area contributed by atoms with E-state index in [9.17, 15) is 65.5 Å². The molecule has 4 aliphatic rings. The molecule has 0 saturated heterocycles. The van der Waals surface area contributed by atoms with Gasteiger partial charge < -0.3 is 51.2 Å². The number of halogens is 6. The van der Waals surface area contributed by atoms with Crippen LogP contribution in [0.5, 0.6) is 0 Å². The lowest BCUT2D eigenvalue weighted by atomic mass is 9.85. The molecule has 0 unspecified atom stereocenters. The largest absolute Gasteiger partial charge is 0.348 e. The van der Waals surface area contributed by atoms with Crippen molar-refractivity contribution >= 4 is 116 Å². The first-order valence-corrected chi connectivity index (χ1v) is 49.4. The van der Waals surface area contributed by atoms with E-state index in [1.165, 1.54) is 59.3 Å². The Labute approximate surface area is 862 Å². The predicted octanol–water partition coefficient (Wildman–Crippen LogP) is 26.9. The summed E-state index contributed by atoms with van der Waals surface area (Å²) in [5.74, 6) is 1.62. The molecule has 16 aromatic rings. The van der Waals surface area contributed by atoms with Gasteiger partial charge in [-0.15, -0.1) is 0 Å². The Hall–Kier alpha value is -14.3. The van der Waals surface area contributed by atoms with Crippen molar-refractivity contribution < 1.29 is 36.7 Å². The summed E-state index contributed by atoms with van der Waals surface area (Å²) in [6.45, 7) is 46.7. The zero-order valence-electron chi connectivity index (χ0n) is 85.3. The Kier molecular flexibility index (Phi) is 39.8. The first kappa shape index (κ1) is 115. The Morgan fingerprint density at radius 3 is 1.31 bits per heavy atom. The van der Waals surface area contributed by atoms with E-state index in [2.05, 4.69) is 197 Å². The summed E-state index contributed by atoms with van der Waals surface area (Å²) in [6, 6.07) is 52.7. The predicted molar refractivity (Wildman–Crippen MR) is 590 cm³/mol. The smallest absolute Gasteiger partial charge is 0.258 e. The van der Waals surface area contributed by atoms with Gasteiger partial charge in [0.2, 0.25) is 0 Å². The third-order valence-corrected chi connectivity index (χ3v) is 26.3. The molecule has 768 valence electrons. The zero-order valence-corrected chi connectivity index (χ0v) is 87.6. The first-order chi connectivity index (χ1) is 68.0. The number of rotatable bonds is 9. The van der Waals surface area contributed by atoms with Crippen LogP contribution in [0.1, 0.15) is 346 Å². The maximum absolute atomic E-state index is 13.5. The molecule has 0 radical (unpaired) electrons. The van der Waals surface area contributed by atoms with Crippen LogP contribution >= 0.6 is 27.5 Å². The van der Waals surface area contributed by atoms with Gasteiger partial charge in [0.15, 0.2) is 0 Å². The minimum atomic E-state index is -0.389. The molecule has 4 amide bonds. The molecule has 10 N–H and O–H groups in total. The average Bonchev–Trinajstić information content (AvgIpc) is 1.31. The normalized spacial score (nSPS) is 12.8. The molecule has 0 bridgehead atoms. The molecule has 4 aliphatic heterocycles. The highest BCUT2D eigenvalue weighted by Gasteiger charge is 2.29. The van der Waals surface area contributed by atoms with Crippen molar-refractivity contribution in [2.75, 3.05) is 0 Å². The summed E-state index contributed by atoms with van der Waals surface area (Å²) >= 11 is 9.41. The lowest BCUT2D eigenvalue weighted by molar-refractivity contribution is 0.0951. The van der Waals surface area contributed by atoms with E-state index >= 15 is 0 Å². The van der Waals surface area contributed by atoms with E-state index in [0.29, 0.717) is 120 Å². The van der Waals surface area contributed by atoms with Crippen LogP contribution in [0, 0.1) is 23.3 Å². The molecule has 1 atom stereocenters. The summed E-state index contributed by atoms with van der Waals surface area (Å²) < 4.78 is 54.8. The quantitative estimate of drug-likeness (QED) is 0.0603. The molecule has 6 aromatic heterocycles. The maximum Gasteiger partial charge on any atom is 0.258 e. The number of carbonyl (C=O) groups is 4. The molecule has 0 fully saturated rings. The van der Waals surface area contributed by atoms with Gasteiger partial charge in [-0.05, 0) is 244 Å². The van der Waals surface area contributed by atoms with E-state index in [-0.39, 0.29) is 124 Å². The van der Waals surface area contributed by atoms with Gasteiger partial charge in [0, 0.05) is 115 Å². The number of nitrogens with one attached hydrogen (secondary N) is 10. The highest BCUT2D eigenvalue weighted by molar-refractivity contribution is 9.10. The molecular weight excluding hydrogens is 1940 g/mol. The van der Waals surface area contributed by atoms with Gasteiger partial charge in [-0.25, -0.2) is 27.5 Å². The molecule has 22 nitrogen and oxygen atoms in total. The third-order valence-electron chi connectivity index (χ3n) is 25.4. The number of aromatic amines is 6. The number of fused-ring (bicyclic) bond motifs is 10. The fourth-order valence-electron chi connectivity index (χ4n) is 16.2. The van der Waals surface area contributed by atoms with Gasteiger partial charge in [-0.3, -0.25) is 47.9 Å². The molecule has 28 heteroatoms. The van der Waals surface area contributed by atoms with Crippen molar-refractivity contribution in [3.05, 3.63) is 402 Å². The van der Waals surface area contributed by atoms with E-state index in [1.807, 2.05) is 153 Å². The molecule has 10 aromatic carbocycles. The van der Waals surface area contributed by atoms with Gasteiger partial charge in [0.25, 0.3) is 57.0 Å². The van der Waals surface area contributed by atoms with E-state index < -0.39 is 0 Å². The second-order valence-corrected chi connectivity index (χ2v) is 41.0. The topological polar surface area (TPSA) is 339 Å². The Balaban J connectivity index is 0.000000180. The summed E-state index contributed by atoms with van der Waals surface area (Å²) in [5.41, 5.74) is 17.1. The van der Waals surface area contributed by atoms with Crippen molar-refractivity contribution in [2.24, 2.45) is 0 Å². The Bertz CT molecular complexity index is 7520. The minimum absolute atomic E-state index is 0. The van der Waals surface area contributed by atoms with Crippen LogP contribution in [0.15, 0.2) is 241 Å². The number of nitrogens with zero attached hydrogens (tertiary/aromatic N) is 2. The molecule has 20 rings (SSSR count). The number of pyridine rings is 4. The van der Waals surface area contributed by atoms with Crippen LogP contribution in [0.2, 0.25) is 5.02 Å². The monoisotopic (exact) mass is 2070 g/mol. The van der Waals surface area contributed by atoms with Gasteiger partial charge in [0.1, 0.15) is 23.3 Å². The fourth-order valence-corrected chi connectivity index (χ4v) is 16.9. The van der Waals surface area contributed by atoms with Gasteiger partial charge >= 0.3 is 0 Å². The third kappa shape index (κ3) is 28.5. The number of carbonyl (C=O) groups excluding carboxylic acids is 4. The standard InChI is InChI=1S/C12H12BrNO.C12H12ClNO.C12H12FNO.2C12H15NO.C12H13NO.C11H11FN2O.2C11H12FNO.C11H12N2O.2CH4/c3*1-7(2)8-3-4-9-10(5-8)12(15)14-6-11(9)13;1-12(2,3)9-5-4-8-7-13-11(14)10(8)6-9;1-7(2)9-4-5-10-8(3)13-12(14)11(10)6-9;1-8(2)10-4-3-9-5-6-13-12(14)11(9)7-10;1-6(2)7-3-8-10(4-9(7)12)13-5-14-11(8)15;1-6(2)8-4-9-7(3-10(8)12)5-13-11(9)14;1-6(2)7-3-8-9(10(12)4-7)5-13-11(8)14;1-7(2)8-3-4-10-9(5-8)11(14)13-6-12-10;;/h3*3-7H,1-2H3,(H,14,15);4-6H,7H2,1-3H3,(H,13,14);4-8H,1-3H3,(H,13,14);3-8H,1-2H3,(H,13,14);3-6H,1-2H3,(H,13,14,15);2*3-4,6H,5H2,1-2H3,(H,13,14);3-7H,1-2H3,(H,12,13,14);2*1H4/t;;;;8-;;;;;;;/m....0......./s1. The van der Waals surface area contributed by atoms with Crippen molar-refractivity contribution in [1.82, 2.24) is 61.1 Å². The van der Waals surface area contributed by atoms with Crippen LogP contribution in [0.3, 0.4) is 0 Å². The van der Waals surface area contributed by atoms with E-state index in [0.717, 1.165) is 93.2 Å². The van der Waals surface area contributed by atoms with Crippen molar-refractivity contribution in [3.8, 4) is 0 Å². The number of benzene rings is 10. The maximum atomic E-state index is 13.5. The van der Waals surface area contributed by atoms with Crippen LogP contribution in [-0.4, -0.2) is 63.5 Å². The lowest BCUT2D eigenvalue weighted by Crippen LogP contribution is -2.16. The van der Waals surface area contributed by atoms with Crippen molar-refractivity contribution in [2.45, 2.75) is 252 Å². The minimum Gasteiger partial charge on any atom is -0.348 e. The molecule has 0 spiro atoms. The number of hydrogen-bond donors (Lipinski definition) is 10. The second-order valence-electron chi connectivity index (χ2n) is 39.8. The van der Waals surface area contributed by atoms with E-state index in [4.69, 9.17) is 11.6 Å². The zero-order chi connectivity index (χ0) is 105. The molecule has 0 saturated carbocycles. The number of amides is 4. The van der Waals surface area contributed by atoms with Crippen molar-refractivity contribution in [3.63, 3.8) is 0 Å². The Morgan fingerprint density at radius 1 is 0.336 bits per heavy atom. The van der Waals surface area contributed by atoms with Gasteiger partial charge in [0.05, 0.1) is 50.9 Å². The van der Waals surface area contributed by atoms with Crippen molar-refractivity contribution in [1.29, 1.82) is 0 Å². The number of aromatic nitrogens is 8. The highest BCUT2D eigenvalue weighted by atomic mass is 79.9. The molecule has 0 aliphatic carbocycles. The average molecular weight is 2070 g/mol. The number of hydrogen-bond acceptors (Lipinski definition) is 12. The lowest BCUT2D eigenvalue weighted by Gasteiger charge is -2.19. The number of H-pyrrole nitrogens is 6. The van der Waals surface area contributed by atoms with Crippen LogP contribution in [0.25, 0.3) is 64.9 Å². The van der Waals surface area contributed by atoms with E-state index in [1.54, 1.807) is 42.7 Å². The summed E-state index contributed by atoms with van der Waals surface area (Å²) in [5, 5.41) is 18.5. The summed E-state index contributed by atoms with van der Waals surface area (Å²) in [7, 11) is 0. The molecular formula is C118H134BrClF4N12O10. The second kappa shape index (κ2) is 50.5. The van der Waals surface area contributed by atoms with Crippen LogP contribution in [-0.2, 0) is 25.0 Å². The van der Waals surface area contributed by atoms with Gasteiger partial charge in [-0.2, -0.15) is 0 Å². The van der Waals surface area contributed by atoms with Gasteiger partial charge in [-0.1, -0.05) is 251 Å². The fraction of sp³-hybridized carbons (Fsp3) is 0.322. The molecule has 10 heterocycles. The summed E-state index contributed by atoms with van der Waals surface area (Å²) in [6.07, 6.45) is 8.69. The summed E-state index contributed by atoms with van der Waals surface area (Å²) in [4.78, 5) is 138. The molecule has 146 heavy (non-hydrogen) atoms. The van der Waals surface area contributed by atoms with Crippen LogP contribution in [0.4, 0.5) is 17.6 Å². The highest BCUT2D eigenvalue weighted by Crippen LogP contribution is 2.34. The van der Waals surface area contributed by atoms with Crippen LogP contribution < -0.4 is 54.6 Å². The Morgan fingerprint density at radius 2 is 0.753 bits per heavy atom. The SMILES string of the molecule is C.C.CC(C)(C)c1ccc2c(c1)C(=O)NC2.CC(C)c1cc(F)c2c(c1)C(=O)NC2.CC(C)c1cc2c(=O)[nH]cnc2cc1F.CC(C)c1cc2c(cc1F)CNC2=O.CC(C)c1ccc2c(Br)c[nH]c(=O)c2c1.CC(C)c1ccc2c(Cl)c[nH]c(=O)c2c1.CC(C)c1ccc2c(F)c[nH]c(=O)c2c1.CC(C)c1ccc2c(c1)C(=O)N[C@H]2C.CC(C)c1ccc2cc[nH]c(=O)c2c1.CC(C)c1ccc2nc[nH]c(=O)c2c1.